The van der Waals surface area contributed by atoms with Crippen LogP contribution in [0.4, 0.5) is 5.69 Å². The molecule has 8 nitrogen and oxygen atoms in total. The van der Waals surface area contributed by atoms with E-state index < -0.39 is 0 Å². The van der Waals surface area contributed by atoms with E-state index in [2.05, 4.69) is 5.32 Å². The Kier molecular flexibility index (Phi) is 7.16. The highest BCUT2D eigenvalue weighted by Crippen LogP contribution is 2.31. The highest BCUT2D eigenvalue weighted by Gasteiger charge is 2.21. The van der Waals surface area contributed by atoms with Crippen molar-refractivity contribution in [3.05, 3.63) is 65.1 Å². The fourth-order valence-electron chi connectivity index (χ4n) is 3.94. The Morgan fingerprint density at radius 3 is 2.51 bits per heavy atom. The lowest BCUT2D eigenvalue weighted by atomic mass is 10.1. The van der Waals surface area contributed by atoms with Gasteiger partial charge in [-0.1, -0.05) is 42.1 Å². The topological polar surface area (TPSA) is 87.4 Å². The number of hydrogen-bond donors (Lipinski definition) is 1. The van der Waals surface area contributed by atoms with Gasteiger partial charge in [-0.25, -0.2) is 4.98 Å². The molecule has 0 atom stereocenters. The summed E-state index contributed by atoms with van der Waals surface area (Å²) >= 11 is 1.23. The van der Waals surface area contributed by atoms with Crippen LogP contribution in [0.15, 0.2) is 64.7 Å². The summed E-state index contributed by atoms with van der Waals surface area (Å²) < 4.78 is 14.1. The fourth-order valence-corrected chi connectivity index (χ4v) is 4.87. The van der Waals surface area contributed by atoms with Crippen LogP contribution >= 0.6 is 11.8 Å². The third-order valence-corrected chi connectivity index (χ3v) is 6.56. The Hall–Kier alpha value is -3.72. The lowest BCUT2D eigenvalue weighted by Gasteiger charge is -2.16. The second-order valence-electron chi connectivity index (χ2n) is 8.28. The molecule has 0 aliphatic rings. The van der Waals surface area contributed by atoms with Crippen LogP contribution in [0, 0.1) is 0 Å². The number of aryl methyl sites for hydroxylation is 1. The number of nitrogens with one attached hydrogen (secondary N) is 1. The van der Waals surface area contributed by atoms with E-state index in [0.717, 1.165) is 11.1 Å². The molecule has 0 fully saturated rings. The highest BCUT2D eigenvalue weighted by molar-refractivity contribution is 7.99. The molecule has 0 bridgehead atoms. The van der Waals surface area contributed by atoms with Crippen molar-refractivity contribution in [3.63, 3.8) is 0 Å². The number of thioether (sulfide) groups is 1. The summed E-state index contributed by atoms with van der Waals surface area (Å²) in [4.78, 5) is 31.2. The van der Waals surface area contributed by atoms with Gasteiger partial charge in [0, 0.05) is 30.9 Å². The maximum atomic E-state index is 13.5. The highest BCUT2D eigenvalue weighted by atomic mass is 32.2. The van der Waals surface area contributed by atoms with Crippen LogP contribution in [0.3, 0.4) is 0 Å². The van der Waals surface area contributed by atoms with E-state index in [4.69, 9.17) is 14.5 Å². The number of nitrogens with zero attached hydrogens (tertiary/aromatic N) is 3. The number of rotatable bonds is 8. The van der Waals surface area contributed by atoms with Crippen molar-refractivity contribution in [2.24, 2.45) is 7.05 Å². The number of carbonyl (C=O) groups excluding carboxylic acids is 1. The summed E-state index contributed by atoms with van der Waals surface area (Å²) in [5, 5.41) is 3.36. The standard InChI is InChI=1S/C26H28N4O4S/c1-16(2)30-25(32)24-23(19(14-29(24)3)17-9-7-6-8-10-17)28-26(30)35-15-22(31)27-20-13-18(33-4)11-12-21(20)34-5/h6-14,16H,15H2,1-5H3,(H,27,31). The Balaban J connectivity index is 1.68. The maximum Gasteiger partial charge on any atom is 0.278 e. The van der Waals surface area contributed by atoms with Gasteiger partial charge in [0.1, 0.15) is 22.5 Å². The van der Waals surface area contributed by atoms with E-state index in [1.165, 1.54) is 18.9 Å². The van der Waals surface area contributed by atoms with Gasteiger partial charge in [0.2, 0.25) is 5.91 Å². The molecule has 0 aliphatic carbocycles. The summed E-state index contributed by atoms with van der Waals surface area (Å²) in [7, 11) is 4.95. The molecule has 9 heteroatoms. The van der Waals surface area contributed by atoms with Crippen LogP contribution in [-0.2, 0) is 11.8 Å². The molecule has 0 radical (unpaired) electrons. The molecule has 1 amide bonds. The lowest BCUT2D eigenvalue weighted by molar-refractivity contribution is -0.113. The van der Waals surface area contributed by atoms with E-state index >= 15 is 0 Å². The molecule has 0 spiro atoms. The minimum Gasteiger partial charge on any atom is -0.497 e. The first-order valence-corrected chi connectivity index (χ1v) is 12.1. The Labute approximate surface area is 207 Å². The number of amides is 1. The smallest absolute Gasteiger partial charge is 0.278 e. The monoisotopic (exact) mass is 492 g/mol. The van der Waals surface area contributed by atoms with Crippen molar-refractivity contribution >= 4 is 34.4 Å². The van der Waals surface area contributed by atoms with Crippen molar-refractivity contribution in [2.75, 3.05) is 25.3 Å². The largest absolute Gasteiger partial charge is 0.497 e. The first-order chi connectivity index (χ1) is 16.8. The molecule has 2 aromatic heterocycles. The van der Waals surface area contributed by atoms with Crippen molar-refractivity contribution in [1.82, 2.24) is 14.1 Å². The number of hydrogen-bond acceptors (Lipinski definition) is 6. The number of aromatic nitrogens is 3. The summed E-state index contributed by atoms with van der Waals surface area (Å²) in [6.45, 7) is 3.86. The molecule has 0 saturated carbocycles. The van der Waals surface area contributed by atoms with Crippen molar-refractivity contribution in [1.29, 1.82) is 0 Å². The van der Waals surface area contributed by atoms with Crippen LogP contribution in [0.5, 0.6) is 11.5 Å². The molecular formula is C26H28N4O4S. The molecule has 2 heterocycles. The summed E-state index contributed by atoms with van der Waals surface area (Å²) in [5.41, 5.74) is 3.39. The maximum absolute atomic E-state index is 13.5. The average Bonchev–Trinajstić information content (AvgIpc) is 3.19. The second-order valence-corrected chi connectivity index (χ2v) is 9.23. The first-order valence-electron chi connectivity index (χ1n) is 11.2. The molecule has 2 aromatic carbocycles. The quantitative estimate of drug-likeness (QED) is 0.283. The van der Waals surface area contributed by atoms with Gasteiger partial charge in [0.25, 0.3) is 5.56 Å². The summed E-state index contributed by atoms with van der Waals surface area (Å²) in [6, 6.07) is 14.9. The number of carbonyl (C=O) groups is 1. The SMILES string of the molecule is COc1ccc(OC)c(NC(=O)CSc2nc3c(-c4ccccc4)cn(C)c3c(=O)n2C(C)C)c1. The van der Waals surface area contributed by atoms with Gasteiger partial charge in [-0.3, -0.25) is 14.2 Å². The normalized spacial score (nSPS) is 11.1. The zero-order valence-corrected chi connectivity index (χ0v) is 21.2. The Morgan fingerprint density at radius 2 is 1.86 bits per heavy atom. The number of anilines is 1. The van der Waals surface area contributed by atoms with E-state index in [9.17, 15) is 9.59 Å². The van der Waals surface area contributed by atoms with Crippen LogP contribution in [0.2, 0.25) is 0 Å². The summed E-state index contributed by atoms with van der Waals surface area (Å²) in [5.74, 6) is 0.951. The first kappa shape index (κ1) is 24.4. The van der Waals surface area contributed by atoms with Gasteiger partial charge < -0.3 is 19.4 Å². The third kappa shape index (κ3) is 4.90. The van der Waals surface area contributed by atoms with Crippen molar-refractivity contribution in [3.8, 4) is 22.6 Å². The molecule has 35 heavy (non-hydrogen) atoms. The number of benzene rings is 2. The molecule has 0 unspecified atom stereocenters. The number of methoxy groups -OCH3 is 2. The second kappa shape index (κ2) is 10.3. The lowest BCUT2D eigenvalue weighted by Crippen LogP contribution is -2.26. The zero-order valence-electron chi connectivity index (χ0n) is 20.4. The predicted octanol–water partition coefficient (Wildman–Crippen LogP) is 4.73. The summed E-state index contributed by atoms with van der Waals surface area (Å²) in [6.07, 6.45) is 1.93. The minimum atomic E-state index is -0.248. The van der Waals surface area contributed by atoms with Crippen LogP contribution < -0.4 is 20.3 Å². The average molecular weight is 493 g/mol. The third-order valence-electron chi connectivity index (χ3n) is 5.60. The fraction of sp³-hybridized carbons (Fsp3) is 0.269. The predicted molar refractivity (Wildman–Crippen MR) is 140 cm³/mol. The minimum absolute atomic E-state index is 0.0680. The van der Waals surface area contributed by atoms with E-state index in [-0.39, 0.29) is 23.3 Å². The molecule has 0 aliphatic heterocycles. The van der Waals surface area contributed by atoms with E-state index in [1.807, 2.05) is 62.0 Å². The van der Waals surface area contributed by atoms with Gasteiger partial charge >= 0.3 is 0 Å². The van der Waals surface area contributed by atoms with Gasteiger partial charge in [-0.2, -0.15) is 0 Å². The van der Waals surface area contributed by atoms with Gasteiger partial charge in [0.15, 0.2) is 5.16 Å². The van der Waals surface area contributed by atoms with Crippen LogP contribution in [0.25, 0.3) is 22.2 Å². The molecule has 182 valence electrons. The number of fused-ring (bicyclic) bond motifs is 1. The Bertz CT molecular complexity index is 1430. The van der Waals surface area contributed by atoms with Gasteiger partial charge in [-0.15, -0.1) is 0 Å². The Morgan fingerprint density at radius 1 is 1.11 bits per heavy atom. The number of ether oxygens (including phenoxy) is 2. The van der Waals surface area contributed by atoms with E-state index in [1.54, 1.807) is 29.9 Å². The van der Waals surface area contributed by atoms with E-state index in [0.29, 0.717) is 33.4 Å². The molecule has 1 N–H and O–H groups in total. The molecule has 0 saturated heterocycles. The van der Waals surface area contributed by atoms with Gasteiger partial charge in [-0.05, 0) is 31.5 Å². The van der Waals surface area contributed by atoms with Crippen LogP contribution in [-0.4, -0.2) is 40.0 Å². The molecule has 4 aromatic rings. The zero-order chi connectivity index (χ0) is 25.1. The molecular weight excluding hydrogens is 464 g/mol. The molecule has 4 rings (SSSR count). The van der Waals surface area contributed by atoms with Gasteiger partial charge in [0.05, 0.1) is 25.7 Å². The van der Waals surface area contributed by atoms with Crippen molar-refractivity contribution in [2.45, 2.75) is 25.0 Å². The van der Waals surface area contributed by atoms with Crippen molar-refractivity contribution < 1.29 is 14.3 Å². The van der Waals surface area contributed by atoms with Crippen LogP contribution in [0.1, 0.15) is 19.9 Å².